The van der Waals surface area contributed by atoms with Gasteiger partial charge in [-0.15, -0.1) is 0 Å². The number of carbonyl (C=O) groups is 1. The van der Waals surface area contributed by atoms with Gasteiger partial charge >= 0.3 is 0 Å². The van der Waals surface area contributed by atoms with Crippen LogP contribution in [0.4, 0.5) is 11.4 Å². The smallest absolute Gasteiger partial charge is 0.221 e. The molecule has 5 heteroatoms. The van der Waals surface area contributed by atoms with Gasteiger partial charge in [-0.3, -0.25) is 4.79 Å². The van der Waals surface area contributed by atoms with Crippen molar-refractivity contribution >= 4 is 17.3 Å². The van der Waals surface area contributed by atoms with Crippen LogP contribution in [-0.2, 0) is 4.79 Å². The van der Waals surface area contributed by atoms with Crippen molar-refractivity contribution in [3.63, 3.8) is 0 Å². The molecule has 1 unspecified atom stereocenters. The number of fused-ring (bicyclic) bond motifs is 1. The maximum absolute atomic E-state index is 10.9. The van der Waals surface area contributed by atoms with Gasteiger partial charge in [-0.1, -0.05) is 0 Å². The molecule has 0 aromatic heterocycles. The molecule has 80 valence electrons. The molecule has 0 radical (unpaired) electrons. The van der Waals surface area contributed by atoms with E-state index in [0.717, 1.165) is 0 Å². The summed E-state index contributed by atoms with van der Waals surface area (Å²) in [5, 5.41) is 12.2. The molecule has 1 aromatic rings. The third-order valence-electron chi connectivity index (χ3n) is 2.21. The Hall–Kier alpha value is -1.75. The Kier molecular flexibility index (Phi) is 2.24. The predicted molar refractivity (Wildman–Crippen MR) is 55.6 cm³/mol. The van der Waals surface area contributed by atoms with Gasteiger partial charge in [0.2, 0.25) is 5.91 Å². The van der Waals surface area contributed by atoms with E-state index in [1.54, 1.807) is 12.1 Å². The number of aliphatic hydroxyl groups is 1. The Balaban J connectivity index is 2.41. The highest BCUT2D eigenvalue weighted by molar-refractivity contribution is 5.90. The number of nitrogen functional groups attached to an aromatic ring is 1. The highest BCUT2D eigenvalue weighted by Gasteiger charge is 2.24. The third kappa shape index (κ3) is 1.73. The fraction of sp³-hybridized carbons (Fsp3) is 0.300. The molecule has 15 heavy (non-hydrogen) atoms. The molecule has 1 heterocycles. The van der Waals surface area contributed by atoms with Crippen molar-refractivity contribution in [3.05, 3.63) is 17.7 Å². The molecule has 0 saturated carbocycles. The molecule has 1 aliphatic heterocycles. The molecular formula is C10H12N2O3. The summed E-state index contributed by atoms with van der Waals surface area (Å²) in [7, 11) is 0. The van der Waals surface area contributed by atoms with E-state index in [-0.39, 0.29) is 12.5 Å². The van der Waals surface area contributed by atoms with E-state index in [0.29, 0.717) is 22.7 Å². The largest absolute Gasteiger partial charge is 0.488 e. The predicted octanol–water partition coefficient (Wildman–Crippen LogP) is 0.653. The number of amides is 1. The number of hydrogen-bond acceptors (Lipinski definition) is 4. The summed E-state index contributed by atoms with van der Waals surface area (Å²) in [6.07, 6.45) is -0.670. The normalized spacial score (nSPS) is 18.1. The Morgan fingerprint density at radius 1 is 1.67 bits per heavy atom. The SMILES string of the molecule is CC(=O)Nc1cc(N)c2c(c1)C(O)CO2. The molecule has 0 aliphatic carbocycles. The van der Waals surface area contributed by atoms with Gasteiger partial charge in [-0.05, 0) is 12.1 Å². The van der Waals surface area contributed by atoms with Crippen LogP contribution >= 0.6 is 0 Å². The van der Waals surface area contributed by atoms with Gasteiger partial charge in [0.1, 0.15) is 18.5 Å². The van der Waals surface area contributed by atoms with E-state index in [9.17, 15) is 9.90 Å². The molecule has 1 atom stereocenters. The Morgan fingerprint density at radius 2 is 2.40 bits per heavy atom. The summed E-state index contributed by atoms with van der Waals surface area (Å²) in [6.45, 7) is 1.62. The monoisotopic (exact) mass is 208 g/mol. The molecule has 0 saturated heterocycles. The van der Waals surface area contributed by atoms with Gasteiger partial charge in [0.15, 0.2) is 0 Å². The van der Waals surface area contributed by atoms with Crippen molar-refractivity contribution in [1.29, 1.82) is 0 Å². The van der Waals surface area contributed by atoms with E-state index in [4.69, 9.17) is 10.5 Å². The fourth-order valence-electron chi connectivity index (χ4n) is 1.62. The van der Waals surface area contributed by atoms with Crippen LogP contribution in [0, 0.1) is 0 Å². The summed E-state index contributed by atoms with van der Waals surface area (Å²) in [4.78, 5) is 10.9. The zero-order valence-electron chi connectivity index (χ0n) is 8.28. The first-order valence-corrected chi connectivity index (χ1v) is 4.60. The highest BCUT2D eigenvalue weighted by atomic mass is 16.5. The Labute approximate surface area is 86.8 Å². The second-order valence-electron chi connectivity index (χ2n) is 3.49. The van der Waals surface area contributed by atoms with Gasteiger partial charge in [-0.25, -0.2) is 0 Å². The number of nitrogens with two attached hydrogens (primary N) is 1. The van der Waals surface area contributed by atoms with Crippen LogP contribution in [0.5, 0.6) is 5.75 Å². The first-order chi connectivity index (χ1) is 7.08. The van der Waals surface area contributed by atoms with E-state index in [1.165, 1.54) is 6.92 Å². The van der Waals surface area contributed by atoms with Crippen LogP contribution in [0.2, 0.25) is 0 Å². The maximum atomic E-state index is 10.9. The first-order valence-electron chi connectivity index (χ1n) is 4.60. The maximum Gasteiger partial charge on any atom is 0.221 e. The number of aliphatic hydroxyl groups excluding tert-OH is 1. The lowest BCUT2D eigenvalue weighted by atomic mass is 10.1. The molecule has 2 rings (SSSR count). The zero-order valence-corrected chi connectivity index (χ0v) is 8.28. The minimum absolute atomic E-state index is 0.178. The first kappa shape index (κ1) is 9.79. The minimum Gasteiger partial charge on any atom is -0.488 e. The lowest BCUT2D eigenvalue weighted by molar-refractivity contribution is -0.114. The molecule has 0 bridgehead atoms. The number of nitrogens with one attached hydrogen (secondary N) is 1. The van der Waals surface area contributed by atoms with Crippen LogP contribution < -0.4 is 15.8 Å². The number of ether oxygens (including phenoxy) is 1. The summed E-state index contributed by atoms with van der Waals surface area (Å²) < 4.78 is 5.21. The van der Waals surface area contributed by atoms with E-state index < -0.39 is 6.10 Å². The van der Waals surface area contributed by atoms with Crippen LogP contribution in [0.15, 0.2) is 12.1 Å². The third-order valence-corrected chi connectivity index (χ3v) is 2.21. The van der Waals surface area contributed by atoms with E-state index in [2.05, 4.69) is 5.32 Å². The topological polar surface area (TPSA) is 84.6 Å². The van der Waals surface area contributed by atoms with Crippen LogP contribution in [0.25, 0.3) is 0 Å². The fourth-order valence-corrected chi connectivity index (χ4v) is 1.62. The van der Waals surface area contributed by atoms with Gasteiger partial charge in [0.05, 0.1) is 5.69 Å². The van der Waals surface area contributed by atoms with Crippen molar-refractivity contribution in [2.24, 2.45) is 0 Å². The van der Waals surface area contributed by atoms with Gasteiger partial charge in [0, 0.05) is 18.2 Å². The zero-order chi connectivity index (χ0) is 11.0. The van der Waals surface area contributed by atoms with Crippen LogP contribution in [0.1, 0.15) is 18.6 Å². The molecule has 1 aromatic carbocycles. The molecule has 0 spiro atoms. The van der Waals surface area contributed by atoms with Crippen molar-refractivity contribution < 1.29 is 14.6 Å². The quantitative estimate of drug-likeness (QED) is 0.592. The molecule has 1 aliphatic rings. The summed E-state index contributed by atoms with van der Waals surface area (Å²) in [6, 6.07) is 3.28. The Bertz CT molecular complexity index is 417. The average molecular weight is 208 g/mol. The number of carbonyl (C=O) groups excluding carboxylic acids is 1. The van der Waals surface area contributed by atoms with Crippen molar-refractivity contribution in [3.8, 4) is 5.75 Å². The van der Waals surface area contributed by atoms with Crippen molar-refractivity contribution in [2.45, 2.75) is 13.0 Å². The molecule has 0 fully saturated rings. The van der Waals surface area contributed by atoms with Crippen molar-refractivity contribution in [1.82, 2.24) is 0 Å². The van der Waals surface area contributed by atoms with Crippen LogP contribution in [0.3, 0.4) is 0 Å². The van der Waals surface area contributed by atoms with Gasteiger partial charge < -0.3 is 20.9 Å². The number of hydrogen-bond donors (Lipinski definition) is 3. The van der Waals surface area contributed by atoms with E-state index >= 15 is 0 Å². The highest BCUT2D eigenvalue weighted by Crippen LogP contribution is 2.39. The molecular weight excluding hydrogens is 196 g/mol. The number of rotatable bonds is 1. The lowest BCUT2D eigenvalue weighted by Gasteiger charge is -2.08. The van der Waals surface area contributed by atoms with E-state index in [1.807, 2.05) is 0 Å². The summed E-state index contributed by atoms with van der Waals surface area (Å²) >= 11 is 0. The number of anilines is 2. The molecule has 5 nitrogen and oxygen atoms in total. The van der Waals surface area contributed by atoms with Crippen molar-refractivity contribution in [2.75, 3.05) is 17.7 Å². The lowest BCUT2D eigenvalue weighted by Crippen LogP contribution is -2.06. The minimum atomic E-state index is -0.670. The standard InChI is InChI=1S/C10H12N2O3/c1-5(13)12-6-2-7-9(14)4-15-10(7)8(11)3-6/h2-3,9,14H,4,11H2,1H3,(H,12,13). The average Bonchev–Trinajstić information content (AvgIpc) is 2.47. The number of benzene rings is 1. The summed E-state index contributed by atoms with van der Waals surface area (Å²) in [5.41, 5.74) is 7.34. The van der Waals surface area contributed by atoms with Crippen LogP contribution in [-0.4, -0.2) is 17.6 Å². The second kappa shape index (κ2) is 3.43. The van der Waals surface area contributed by atoms with Gasteiger partial charge in [-0.2, -0.15) is 0 Å². The summed E-state index contributed by atoms with van der Waals surface area (Å²) in [5.74, 6) is 0.333. The molecule has 4 N–H and O–H groups in total. The molecule has 1 amide bonds. The Morgan fingerprint density at radius 3 is 3.07 bits per heavy atom. The van der Waals surface area contributed by atoms with Gasteiger partial charge in [0.25, 0.3) is 0 Å². The second-order valence-corrected chi connectivity index (χ2v) is 3.49.